The lowest BCUT2D eigenvalue weighted by atomic mass is 10.3. The Morgan fingerprint density at radius 2 is 1.83 bits per heavy atom. The number of rotatable bonds is 4. The van der Waals surface area contributed by atoms with Gasteiger partial charge in [-0.1, -0.05) is 13.8 Å². The summed E-state index contributed by atoms with van der Waals surface area (Å²) in [5.41, 5.74) is 0. The maximum Gasteiger partial charge on any atom is 0.516 e. The van der Waals surface area contributed by atoms with Crippen LogP contribution in [-0.2, 0) is 14.3 Å². The minimum absolute atomic E-state index is 0.251. The van der Waals surface area contributed by atoms with Crippen molar-refractivity contribution in [2.45, 2.75) is 33.1 Å². The van der Waals surface area contributed by atoms with Crippen LogP contribution in [0.5, 0.6) is 0 Å². The second-order valence-corrected chi connectivity index (χ2v) is 2.32. The Kier molecular flexibility index (Phi) is 6.05. The van der Waals surface area contributed by atoms with Crippen molar-refractivity contribution in [3.05, 3.63) is 0 Å². The van der Waals surface area contributed by atoms with Gasteiger partial charge in [-0.2, -0.15) is 0 Å². The average molecular weight is 174 g/mol. The number of carbonyl (C=O) groups is 2. The standard InChI is InChI=1S/C8H14O4/c1-3-5-7(9)12-8(10)11-6-4-2/h3-6H2,1-2H3. The van der Waals surface area contributed by atoms with Gasteiger partial charge in [0.05, 0.1) is 6.61 Å². The van der Waals surface area contributed by atoms with E-state index in [9.17, 15) is 9.59 Å². The Bertz CT molecular complexity index is 153. The van der Waals surface area contributed by atoms with Crippen LogP contribution in [0.15, 0.2) is 0 Å². The molecular weight excluding hydrogens is 160 g/mol. The fourth-order valence-electron chi connectivity index (χ4n) is 0.563. The van der Waals surface area contributed by atoms with Crippen LogP contribution in [0.3, 0.4) is 0 Å². The molecule has 0 heterocycles. The Balaban J connectivity index is 3.47. The van der Waals surface area contributed by atoms with Crippen molar-refractivity contribution in [1.29, 1.82) is 0 Å². The van der Waals surface area contributed by atoms with E-state index in [0.29, 0.717) is 6.42 Å². The molecule has 0 amide bonds. The molecule has 0 rings (SSSR count). The summed E-state index contributed by atoms with van der Waals surface area (Å²) >= 11 is 0. The van der Waals surface area contributed by atoms with Crippen molar-refractivity contribution in [2.75, 3.05) is 6.61 Å². The Morgan fingerprint density at radius 1 is 1.17 bits per heavy atom. The van der Waals surface area contributed by atoms with Crippen LogP contribution in [0, 0.1) is 0 Å². The van der Waals surface area contributed by atoms with E-state index >= 15 is 0 Å². The van der Waals surface area contributed by atoms with Gasteiger partial charge in [0.15, 0.2) is 0 Å². The van der Waals surface area contributed by atoms with Crippen molar-refractivity contribution in [3.8, 4) is 0 Å². The van der Waals surface area contributed by atoms with Crippen LogP contribution in [-0.4, -0.2) is 18.7 Å². The van der Waals surface area contributed by atoms with Crippen LogP contribution in [0.1, 0.15) is 33.1 Å². The van der Waals surface area contributed by atoms with E-state index in [1.807, 2.05) is 13.8 Å². The zero-order chi connectivity index (χ0) is 9.40. The van der Waals surface area contributed by atoms with Crippen LogP contribution in [0.2, 0.25) is 0 Å². The van der Waals surface area contributed by atoms with E-state index in [-0.39, 0.29) is 13.0 Å². The quantitative estimate of drug-likeness (QED) is 0.482. The molecule has 0 aromatic carbocycles. The van der Waals surface area contributed by atoms with Gasteiger partial charge in [0.25, 0.3) is 0 Å². The summed E-state index contributed by atoms with van der Waals surface area (Å²) in [6, 6.07) is 0. The number of hydrogen-bond donors (Lipinski definition) is 0. The molecule has 0 aliphatic carbocycles. The van der Waals surface area contributed by atoms with Gasteiger partial charge >= 0.3 is 12.1 Å². The molecule has 70 valence electrons. The minimum atomic E-state index is -0.893. The smallest absolute Gasteiger partial charge is 0.434 e. The van der Waals surface area contributed by atoms with Gasteiger partial charge in [0.2, 0.25) is 0 Å². The molecule has 0 atom stereocenters. The lowest BCUT2D eigenvalue weighted by molar-refractivity contribution is -0.139. The van der Waals surface area contributed by atoms with E-state index in [4.69, 9.17) is 0 Å². The largest absolute Gasteiger partial charge is 0.516 e. The van der Waals surface area contributed by atoms with Gasteiger partial charge in [-0.3, -0.25) is 4.79 Å². The number of ether oxygens (including phenoxy) is 2. The maximum atomic E-state index is 10.7. The third-order valence-corrected chi connectivity index (χ3v) is 1.08. The molecule has 12 heavy (non-hydrogen) atoms. The Labute approximate surface area is 71.8 Å². The second-order valence-electron chi connectivity index (χ2n) is 2.32. The summed E-state index contributed by atoms with van der Waals surface area (Å²) < 4.78 is 8.82. The van der Waals surface area contributed by atoms with Crippen LogP contribution >= 0.6 is 0 Å². The maximum absolute atomic E-state index is 10.7. The lowest BCUT2D eigenvalue weighted by Gasteiger charge is -2.01. The number of carbonyl (C=O) groups excluding carboxylic acids is 2. The Hall–Kier alpha value is -1.06. The number of esters is 1. The van der Waals surface area contributed by atoms with E-state index < -0.39 is 12.1 Å². The van der Waals surface area contributed by atoms with Crippen molar-refractivity contribution >= 4 is 12.1 Å². The molecule has 4 heteroatoms. The fourth-order valence-corrected chi connectivity index (χ4v) is 0.563. The summed E-state index contributed by atoms with van der Waals surface area (Å²) in [7, 11) is 0. The van der Waals surface area contributed by atoms with E-state index in [0.717, 1.165) is 6.42 Å². The highest BCUT2D eigenvalue weighted by atomic mass is 16.7. The van der Waals surface area contributed by atoms with Gasteiger partial charge in [0.1, 0.15) is 0 Å². The zero-order valence-electron chi connectivity index (χ0n) is 7.46. The molecule has 0 bridgehead atoms. The van der Waals surface area contributed by atoms with Gasteiger partial charge < -0.3 is 9.47 Å². The van der Waals surface area contributed by atoms with Crippen molar-refractivity contribution in [2.24, 2.45) is 0 Å². The molecule has 0 radical (unpaired) electrons. The van der Waals surface area contributed by atoms with Crippen molar-refractivity contribution in [3.63, 3.8) is 0 Å². The van der Waals surface area contributed by atoms with Gasteiger partial charge in [0, 0.05) is 6.42 Å². The first-order chi connectivity index (χ1) is 5.70. The molecule has 0 aliphatic heterocycles. The van der Waals surface area contributed by atoms with E-state index in [1.54, 1.807) is 0 Å². The topological polar surface area (TPSA) is 52.6 Å². The van der Waals surface area contributed by atoms with Crippen LogP contribution in [0.25, 0.3) is 0 Å². The molecule has 0 aromatic heterocycles. The van der Waals surface area contributed by atoms with E-state index in [2.05, 4.69) is 9.47 Å². The van der Waals surface area contributed by atoms with Crippen molar-refractivity contribution < 1.29 is 19.1 Å². The summed E-state index contributed by atoms with van der Waals surface area (Å²) in [6.07, 6.45) is 0.744. The van der Waals surface area contributed by atoms with Gasteiger partial charge in [-0.25, -0.2) is 4.79 Å². The van der Waals surface area contributed by atoms with Gasteiger partial charge in [-0.05, 0) is 12.8 Å². The first-order valence-corrected chi connectivity index (χ1v) is 4.08. The highest BCUT2D eigenvalue weighted by molar-refractivity contribution is 5.81. The minimum Gasteiger partial charge on any atom is -0.434 e. The second kappa shape index (κ2) is 6.64. The van der Waals surface area contributed by atoms with Crippen LogP contribution in [0.4, 0.5) is 4.79 Å². The van der Waals surface area contributed by atoms with Crippen molar-refractivity contribution in [1.82, 2.24) is 0 Å². The zero-order valence-corrected chi connectivity index (χ0v) is 7.46. The first kappa shape index (κ1) is 10.9. The summed E-state index contributed by atoms with van der Waals surface area (Å²) in [5.74, 6) is -0.529. The lowest BCUT2D eigenvalue weighted by Crippen LogP contribution is -2.13. The van der Waals surface area contributed by atoms with Crippen LogP contribution < -0.4 is 0 Å². The normalized spacial score (nSPS) is 9.17. The molecule has 0 saturated heterocycles. The molecule has 0 spiro atoms. The molecule has 0 aliphatic rings. The summed E-state index contributed by atoms with van der Waals surface area (Å²) in [6.45, 7) is 3.98. The predicted octanol–water partition coefficient (Wildman–Crippen LogP) is 1.88. The third kappa shape index (κ3) is 5.70. The first-order valence-electron chi connectivity index (χ1n) is 4.08. The molecule has 4 nitrogen and oxygen atoms in total. The molecule has 0 aromatic rings. The van der Waals surface area contributed by atoms with Gasteiger partial charge in [-0.15, -0.1) is 0 Å². The summed E-state index contributed by atoms with van der Waals surface area (Å²) in [5, 5.41) is 0. The van der Waals surface area contributed by atoms with E-state index in [1.165, 1.54) is 0 Å². The molecule has 0 unspecified atom stereocenters. The average Bonchev–Trinajstić information content (AvgIpc) is 2.01. The predicted molar refractivity (Wildman–Crippen MR) is 42.6 cm³/mol. The molecule has 0 N–H and O–H groups in total. The highest BCUT2D eigenvalue weighted by Crippen LogP contribution is 1.94. The third-order valence-electron chi connectivity index (χ3n) is 1.08. The fraction of sp³-hybridized carbons (Fsp3) is 0.750. The highest BCUT2D eigenvalue weighted by Gasteiger charge is 2.09. The monoisotopic (exact) mass is 174 g/mol. The summed E-state index contributed by atoms with van der Waals surface area (Å²) in [4.78, 5) is 21.3. The molecular formula is C8H14O4. The Morgan fingerprint density at radius 3 is 2.33 bits per heavy atom. The number of hydrogen-bond acceptors (Lipinski definition) is 4. The molecule has 0 fully saturated rings. The SMILES string of the molecule is CCCOC(=O)OC(=O)CCC. The molecule has 0 saturated carbocycles.